The number of fused-ring (bicyclic) bond motifs is 1. The lowest BCUT2D eigenvalue weighted by molar-refractivity contribution is 0.613. The van der Waals surface area contributed by atoms with E-state index >= 15 is 0 Å². The lowest BCUT2D eigenvalue weighted by atomic mass is 9.94. The summed E-state index contributed by atoms with van der Waals surface area (Å²) in [7, 11) is 0. The lowest BCUT2D eigenvalue weighted by Crippen LogP contribution is -2.00. The molecule has 106 valence electrons. The van der Waals surface area contributed by atoms with Crippen LogP contribution >= 0.6 is 31.9 Å². The van der Waals surface area contributed by atoms with Gasteiger partial charge in [0.05, 0.1) is 4.83 Å². The monoisotopic (exact) mass is 406 g/mol. The van der Waals surface area contributed by atoms with Gasteiger partial charge in [0.2, 0.25) is 0 Å². The Bertz CT molecular complexity index is 811. The SMILES string of the molecule is Cc1ccc2ccccc2c1C(Br)c1cc(Br)ccc1F. The van der Waals surface area contributed by atoms with E-state index in [0.29, 0.717) is 5.56 Å². The van der Waals surface area contributed by atoms with Crippen LogP contribution in [0.5, 0.6) is 0 Å². The molecule has 0 spiro atoms. The fourth-order valence-corrected chi connectivity index (χ4v) is 3.94. The Morgan fingerprint density at radius 2 is 1.76 bits per heavy atom. The predicted molar refractivity (Wildman–Crippen MR) is 93.6 cm³/mol. The molecule has 0 heterocycles. The molecule has 3 rings (SSSR count). The van der Waals surface area contributed by atoms with Gasteiger partial charge in [0.25, 0.3) is 0 Å². The molecular weight excluding hydrogens is 395 g/mol. The standard InChI is InChI=1S/C18H13Br2F/c1-11-6-7-12-4-2-3-5-14(12)17(11)18(20)15-10-13(19)8-9-16(15)21/h2-10,18H,1H3. The molecule has 0 aliphatic heterocycles. The highest BCUT2D eigenvalue weighted by molar-refractivity contribution is 9.10. The molecule has 1 atom stereocenters. The van der Waals surface area contributed by atoms with Gasteiger partial charge in [-0.25, -0.2) is 4.39 Å². The van der Waals surface area contributed by atoms with E-state index in [0.717, 1.165) is 26.4 Å². The minimum Gasteiger partial charge on any atom is -0.207 e. The Labute approximate surface area is 140 Å². The second-order valence-electron chi connectivity index (χ2n) is 5.05. The molecule has 0 saturated heterocycles. The summed E-state index contributed by atoms with van der Waals surface area (Å²) >= 11 is 7.11. The average molecular weight is 408 g/mol. The highest BCUT2D eigenvalue weighted by atomic mass is 79.9. The Hall–Kier alpha value is -1.19. The minimum absolute atomic E-state index is 0.180. The van der Waals surface area contributed by atoms with Gasteiger partial charge in [0.1, 0.15) is 5.82 Å². The molecule has 3 aromatic carbocycles. The number of halogens is 3. The van der Waals surface area contributed by atoms with E-state index in [2.05, 4.69) is 63.0 Å². The zero-order valence-corrected chi connectivity index (χ0v) is 14.6. The van der Waals surface area contributed by atoms with Crippen molar-refractivity contribution in [2.45, 2.75) is 11.8 Å². The number of benzene rings is 3. The van der Waals surface area contributed by atoms with Crippen LogP contribution in [0, 0.1) is 12.7 Å². The molecule has 0 nitrogen and oxygen atoms in total. The van der Waals surface area contributed by atoms with Crippen molar-refractivity contribution >= 4 is 42.6 Å². The highest BCUT2D eigenvalue weighted by Crippen LogP contribution is 2.39. The second kappa shape index (κ2) is 5.90. The highest BCUT2D eigenvalue weighted by Gasteiger charge is 2.19. The van der Waals surface area contributed by atoms with Crippen molar-refractivity contribution in [2.75, 3.05) is 0 Å². The smallest absolute Gasteiger partial charge is 0.127 e. The fourth-order valence-electron chi connectivity index (χ4n) is 2.61. The zero-order chi connectivity index (χ0) is 15.0. The number of rotatable bonds is 2. The summed E-state index contributed by atoms with van der Waals surface area (Å²) in [5.41, 5.74) is 2.91. The summed E-state index contributed by atoms with van der Waals surface area (Å²) in [6.07, 6.45) is 0. The van der Waals surface area contributed by atoms with E-state index < -0.39 is 0 Å². The predicted octanol–water partition coefficient (Wildman–Crippen LogP) is 6.53. The molecule has 0 aliphatic carbocycles. The Balaban J connectivity index is 2.24. The van der Waals surface area contributed by atoms with Gasteiger partial charge in [-0.15, -0.1) is 0 Å². The van der Waals surface area contributed by atoms with Crippen LogP contribution in [0.2, 0.25) is 0 Å². The summed E-state index contributed by atoms with van der Waals surface area (Å²) in [4.78, 5) is -0.180. The van der Waals surface area contributed by atoms with E-state index in [1.165, 1.54) is 6.07 Å². The first kappa shape index (κ1) is 14.7. The van der Waals surface area contributed by atoms with Crippen molar-refractivity contribution in [3.05, 3.63) is 81.6 Å². The van der Waals surface area contributed by atoms with E-state index in [-0.39, 0.29) is 10.6 Å². The van der Waals surface area contributed by atoms with Crippen LogP contribution < -0.4 is 0 Å². The third-order valence-electron chi connectivity index (χ3n) is 3.67. The first-order valence-electron chi connectivity index (χ1n) is 6.65. The molecule has 1 unspecified atom stereocenters. The average Bonchev–Trinajstić information content (AvgIpc) is 2.49. The summed E-state index contributed by atoms with van der Waals surface area (Å²) in [6, 6.07) is 17.4. The van der Waals surface area contributed by atoms with Crippen LogP contribution in [-0.2, 0) is 0 Å². The Morgan fingerprint density at radius 1 is 1.00 bits per heavy atom. The van der Waals surface area contributed by atoms with Crippen LogP contribution in [0.4, 0.5) is 4.39 Å². The van der Waals surface area contributed by atoms with Crippen molar-refractivity contribution in [1.82, 2.24) is 0 Å². The summed E-state index contributed by atoms with van der Waals surface area (Å²) in [6.45, 7) is 2.06. The summed E-state index contributed by atoms with van der Waals surface area (Å²) < 4.78 is 15.1. The van der Waals surface area contributed by atoms with Gasteiger partial charge in [-0.3, -0.25) is 0 Å². The maximum atomic E-state index is 14.2. The molecular formula is C18H13Br2F. The molecule has 0 N–H and O–H groups in total. The van der Waals surface area contributed by atoms with Crippen molar-refractivity contribution < 1.29 is 4.39 Å². The van der Waals surface area contributed by atoms with Gasteiger partial charge in [-0.2, -0.15) is 0 Å². The van der Waals surface area contributed by atoms with Crippen molar-refractivity contribution in [1.29, 1.82) is 0 Å². The van der Waals surface area contributed by atoms with E-state index in [1.807, 2.05) is 18.2 Å². The zero-order valence-electron chi connectivity index (χ0n) is 11.4. The normalized spacial score (nSPS) is 12.6. The molecule has 3 aromatic rings. The maximum absolute atomic E-state index is 14.2. The van der Waals surface area contributed by atoms with Crippen molar-refractivity contribution in [3.8, 4) is 0 Å². The minimum atomic E-state index is -0.201. The number of hydrogen-bond donors (Lipinski definition) is 0. The van der Waals surface area contributed by atoms with Crippen molar-refractivity contribution in [2.24, 2.45) is 0 Å². The molecule has 3 heteroatoms. The quantitative estimate of drug-likeness (QED) is 0.423. The molecule has 0 amide bonds. The lowest BCUT2D eigenvalue weighted by Gasteiger charge is -2.17. The molecule has 0 radical (unpaired) electrons. The van der Waals surface area contributed by atoms with Crippen LogP contribution in [0.3, 0.4) is 0 Å². The second-order valence-corrected chi connectivity index (χ2v) is 6.88. The molecule has 0 aromatic heterocycles. The summed E-state index contributed by atoms with van der Waals surface area (Å²) in [5, 5.41) is 2.32. The van der Waals surface area contributed by atoms with Crippen LogP contribution in [0.15, 0.2) is 59.1 Å². The van der Waals surface area contributed by atoms with Gasteiger partial charge >= 0.3 is 0 Å². The van der Waals surface area contributed by atoms with E-state index in [9.17, 15) is 4.39 Å². The summed E-state index contributed by atoms with van der Waals surface area (Å²) in [5.74, 6) is -0.201. The number of alkyl halides is 1. The van der Waals surface area contributed by atoms with Crippen LogP contribution in [-0.4, -0.2) is 0 Å². The first-order valence-corrected chi connectivity index (χ1v) is 8.36. The largest absolute Gasteiger partial charge is 0.207 e. The topological polar surface area (TPSA) is 0 Å². The number of hydrogen-bond acceptors (Lipinski definition) is 0. The molecule has 0 saturated carbocycles. The molecule has 0 aliphatic rings. The molecule has 0 fully saturated rings. The third-order valence-corrected chi connectivity index (χ3v) is 5.12. The van der Waals surface area contributed by atoms with E-state index in [1.54, 1.807) is 6.07 Å². The first-order chi connectivity index (χ1) is 10.1. The van der Waals surface area contributed by atoms with E-state index in [4.69, 9.17) is 0 Å². The molecule has 21 heavy (non-hydrogen) atoms. The van der Waals surface area contributed by atoms with Crippen LogP contribution in [0.1, 0.15) is 21.5 Å². The van der Waals surface area contributed by atoms with Gasteiger partial charge in [0.15, 0.2) is 0 Å². The van der Waals surface area contributed by atoms with Crippen molar-refractivity contribution in [3.63, 3.8) is 0 Å². The number of aryl methyl sites for hydroxylation is 1. The van der Waals surface area contributed by atoms with Gasteiger partial charge in [-0.1, -0.05) is 68.3 Å². The van der Waals surface area contributed by atoms with Gasteiger partial charge < -0.3 is 0 Å². The van der Waals surface area contributed by atoms with Gasteiger partial charge in [-0.05, 0) is 47.0 Å². The van der Waals surface area contributed by atoms with Gasteiger partial charge in [0, 0.05) is 10.0 Å². The molecule has 0 bridgehead atoms. The van der Waals surface area contributed by atoms with Crippen LogP contribution in [0.25, 0.3) is 10.8 Å². The Morgan fingerprint density at radius 3 is 2.57 bits per heavy atom. The fraction of sp³-hybridized carbons (Fsp3) is 0.111. The Kier molecular flexibility index (Phi) is 4.14. The third kappa shape index (κ3) is 2.77. The maximum Gasteiger partial charge on any atom is 0.127 e.